The molecule has 18 heavy (non-hydrogen) atoms. The monoisotopic (exact) mass is 255 g/mol. The molecule has 0 heterocycles. The number of nitrogen functional groups attached to an aromatic ring is 1. The van der Waals surface area contributed by atoms with E-state index in [1.54, 1.807) is 0 Å². The first-order chi connectivity index (χ1) is 8.45. The van der Waals surface area contributed by atoms with E-state index in [9.17, 15) is 8.78 Å². The highest BCUT2D eigenvalue weighted by atomic mass is 19.1. The quantitative estimate of drug-likeness (QED) is 0.817. The van der Waals surface area contributed by atoms with Crippen LogP contribution in [0.15, 0.2) is 12.1 Å². The Labute approximate surface area is 106 Å². The van der Waals surface area contributed by atoms with Gasteiger partial charge in [-0.05, 0) is 31.1 Å². The predicted molar refractivity (Wildman–Crippen MR) is 67.4 cm³/mol. The van der Waals surface area contributed by atoms with Gasteiger partial charge in [0, 0.05) is 12.1 Å². The zero-order valence-electron chi connectivity index (χ0n) is 10.7. The summed E-state index contributed by atoms with van der Waals surface area (Å²) in [5.74, 6) is -0.161. The largest absolute Gasteiger partial charge is 0.488 e. The SMILES string of the molecule is CC1CC(C)CC(Oc2cc(F)cc(F)c2N)C1. The van der Waals surface area contributed by atoms with Crippen LogP contribution in [-0.4, -0.2) is 6.10 Å². The van der Waals surface area contributed by atoms with E-state index in [1.165, 1.54) is 6.42 Å². The summed E-state index contributed by atoms with van der Waals surface area (Å²) in [4.78, 5) is 0. The van der Waals surface area contributed by atoms with Crippen molar-refractivity contribution in [1.82, 2.24) is 0 Å². The summed E-state index contributed by atoms with van der Waals surface area (Å²) in [6.07, 6.45) is 2.98. The van der Waals surface area contributed by atoms with Crippen LogP contribution in [0.3, 0.4) is 0 Å². The summed E-state index contributed by atoms with van der Waals surface area (Å²) >= 11 is 0. The van der Waals surface area contributed by atoms with E-state index in [1.807, 2.05) is 0 Å². The second-order valence-corrected chi connectivity index (χ2v) is 5.46. The average Bonchev–Trinajstić information content (AvgIpc) is 2.23. The van der Waals surface area contributed by atoms with Gasteiger partial charge in [0.05, 0.1) is 6.10 Å². The minimum absolute atomic E-state index is 0.00718. The first-order valence-electron chi connectivity index (χ1n) is 6.37. The lowest BCUT2D eigenvalue weighted by molar-refractivity contribution is 0.101. The third-order valence-corrected chi connectivity index (χ3v) is 3.49. The van der Waals surface area contributed by atoms with Crippen LogP contribution in [0.5, 0.6) is 5.75 Å². The number of nitrogens with two attached hydrogens (primary N) is 1. The maximum Gasteiger partial charge on any atom is 0.152 e. The van der Waals surface area contributed by atoms with Gasteiger partial charge in [0.25, 0.3) is 0 Å². The number of ether oxygens (including phenoxy) is 1. The third kappa shape index (κ3) is 2.92. The summed E-state index contributed by atoms with van der Waals surface area (Å²) in [7, 11) is 0. The van der Waals surface area contributed by atoms with Crippen molar-refractivity contribution in [2.24, 2.45) is 11.8 Å². The van der Waals surface area contributed by atoms with E-state index in [2.05, 4.69) is 13.8 Å². The van der Waals surface area contributed by atoms with Crippen LogP contribution in [0, 0.1) is 23.5 Å². The topological polar surface area (TPSA) is 35.2 Å². The summed E-state index contributed by atoms with van der Waals surface area (Å²) in [5, 5.41) is 0. The summed E-state index contributed by atoms with van der Waals surface area (Å²) in [6, 6.07) is 1.93. The normalized spacial score (nSPS) is 28.1. The minimum atomic E-state index is -0.762. The number of hydrogen-bond donors (Lipinski definition) is 1. The molecule has 0 amide bonds. The van der Waals surface area contributed by atoms with Gasteiger partial charge in [0.15, 0.2) is 5.82 Å². The lowest BCUT2D eigenvalue weighted by atomic mass is 9.82. The van der Waals surface area contributed by atoms with E-state index >= 15 is 0 Å². The van der Waals surface area contributed by atoms with Crippen LogP contribution in [0.4, 0.5) is 14.5 Å². The molecule has 1 aliphatic rings. The zero-order valence-corrected chi connectivity index (χ0v) is 10.7. The maximum absolute atomic E-state index is 13.3. The highest BCUT2D eigenvalue weighted by Gasteiger charge is 2.26. The molecule has 1 aromatic carbocycles. The second kappa shape index (κ2) is 5.12. The standard InChI is InChI=1S/C14H19F2NO/c1-8-3-9(2)5-11(4-8)18-13-7-10(15)6-12(16)14(13)17/h6-9,11H,3-5,17H2,1-2H3. The Kier molecular flexibility index (Phi) is 3.73. The molecule has 4 heteroatoms. The van der Waals surface area contributed by atoms with Crippen molar-refractivity contribution in [3.8, 4) is 5.75 Å². The minimum Gasteiger partial charge on any atom is -0.488 e. The molecule has 2 rings (SSSR count). The number of benzene rings is 1. The smallest absolute Gasteiger partial charge is 0.152 e. The van der Waals surface area contributed by atoms with Gasteiger partial charge in [0.2, 0.25) is 0 Å². The molecule has 2 N–H and O–H groups in total. The fourth-order valence-electron chi connectivity index (χ4n) is 2.81. The average molecular weight is 255 g/mol. The van der Waals surface area contributed by atoms with Gasteiger partial charge in [-0.3, -0.25) is 0 Å². The van der Waals surface area contributed by atoms with Crippen molar-refractivity contribution in [2.75, 3.05) is 5.73 Å². The van der Waals surface area contributed by atoms with Gasteiger partial charge in [-0.1, -0.05) is 13.8 Å². The van der Waals surface area contributed by atoms with Crippen molar-refractivity contribution < 1.29 is 13.5 Å². The van der Waals surface area contributed by atoms with E-state index in [0.717, 1.165) is 25.0 Å². The molecule has 1 saturated carbocycles. The molecule has 100 valence electrons. The van der Waals surface area contributed by atoms with Crippen LogP contribution in [0.2, 0.25) is 0 Å². The highest BCUT2D eigenvalue weighted by molar-refractivity contribution is 5.53. The van der Waals surface area contributed by atoms with Crippen LogP contribution in [-0.2, 0) is 0 Å². The van der Waals surface area contributed by atoms with Crippen LogP contribution >= 0.6 is 0 Å². The van der Waals surface area contributed by atoms with Gasteiger partial charge in [0.1, 0.15) is 17.3 Å². The molecule has 0 aromatic heterocycles. The molecule has 2 atom stereocenters. The molecule has 0 radical (unpaired) electrons. The Morgan fingerprint density at radius 2 is 1.72 bits per heavy atom. The maximum atomic E-state index is 13.3. The Bertz CT molecular complexity index is 426. The van der Waals surface area contributed by atoms with Gasteiger partial charge in [-0.15, -0.1) is 0 Å². The number of halogens is 2. The highest BCUT2D eigenvalue weighted by Crippen LogP contribution is 2.34. The first-order valence-corrected chi connectivity index (χ1v) is 6.37. The van der Waals surface area contributed by atoms with Crippen molar-refractivity contribution in [1.29, 1.82) is 0 Å². The molecule has 2 nitrogen and oxygen atoms in total. The lowest BCUT2D eigenvalue weighted by Gasteiger charge is -2.32. The molecule has 1 aliphatic carbocycles. The van der Waals surface area contributed by atoms with Crippen LogP contribution in [0.1, 0.15) is 33.1 Å². The Balaban J connectivity index is 2.14. The number of hydrogen-bond acceptors (Lipinski definition) is 2. The second-order valence-electron chi connectivity index (χ2n) is 5.46. The van der Waals surface area contributed by atoms with E-state index in [0.29, 0.717) is 11.8 Å². The van der Waals surface area contributed by atoms with E-state index in [4.69, 9.17) is 10.5 Å². The van der Waals surface area contributed by atoms with Crippen molar-refractivity contribution in [2.45, 2.75) is 39.2 Å². The van der Waals surface area contributed by atoms with E-state index in [-0.39, 0.29) is 17.5 Å². The van der Waals surface area contributed by atoms with Crippen molar-refractivity contribution in [3.63, 3.8) is 0 Å². The lowest BCUT2D eigenvalue weighted by Crippen LogP contribution is -2.28. The Morgan fingerprint density at radius 3 is 2.33 bits per heavy atom. The van der Waals surface area contributed by atoms with Gasteiger partial charge in [-0.25, -0.2) is 8.78 Å². The molecule has 0 bridgehead atoms. The Morgan fingerprint density at radius 1 is 1.11 bits per heavy atom. The van der Waals surface area contributed by atoms with Crippen LogP contribution < -0.4 is 10.5 Å². The molecule has 0 aliphatic heterocycles. The van der Waals surface area contributed by atoms with Gasteiger partial charge in [-0.2, -0.15) is 0 Å². The van der Waals surface area contributed by atoms with Gasteiger partial charge < -0.3 is 10.5 Å². The van der Waals surface area contributed by atoms with Gasteiger partial charge >= 0.3 is 0 Å². The van der Waals surface area contributed by atoms with Crippen molar-refractivity contribution in [3.05, 3.63) is 23.8 Å². The molecule has 1 aromatic rings. The fraction of sp³-hybridized carbons (Fsp3) is 0.571. The third-order valence-electron chi connectivity index (χ3n) is 3.49. The Hall–Kier alpha value is -1.32. The predicted octanol–water partition coefficient (Wildman–Crippen LogP) is 3.75. The van der Waals surface area contributed by atoms with Crippen molar-refractivity contribution >= 4 is 5.69 Å². The summed E-state index contributed by atoms with van der Waals surface area (Å²) in [6.45, 7) is 4.34. The zero-order chi connectivity index (χ0) is 13.3. The first kappa shape index (κ1) is 13.1. The molecule has 0 spiro atoms. The summed E-state index contributed by atoms with van der Waals surface area (Å²) in [5.41, 5.74) is 5.46. The fourth-order valence-corrected chi connectivity index (χ4v) is 2.81. The number of rotatable bonds is 2. The van der Waals surface area contributed by atoms with E-state index < -0.39 is 11.6 Å². The number of anilines is 1. The molecule has 2 unspecified atom stereocenters. The molecule has 1 fully saturated rings. The van der Waals surface area contributed by atoms with Crippen LogP contribution in [0.25, 0.3) is 0 Å². The molecule has 0 saturated heterocycles. The molecular weight excluding hydrogens is 236 g/mol. The summed E-state index contributed by atoms with van der Waals surface area (Å²) < 4.78 is 32.1. The molecular formula is C14H19F2NO.